The summed E-state index contributed by atoms with van der Waals surface area (Å²) >= 11 is 0. The molecule has 0 spiro atoms. The van der Waals surface area contributed by atoms with E-state index >= 15 is 0 Å². The Hall–Kier alpha value is -1.26. The lowest BCUT2D eigenvalue weighted by Crippen LogP contribution is -2.21. The van der Waals surface area contributed by atoms with Gasteiger partial charge in [0.2, 0.25) is 0 Å². The Bertz CT molecular complexity index is 345. The first-order valence-electron chi connectivity index (χ1n) is 5.63. The lowest BCUT2D eigenvalue weighted by molar-refractivity contribution is 0.254. The quantitative estimate of drug-likeness (QED) is 0.597. The monoisotopic (exact) mass is 222 g/mol. The highest BCUT2D eigenvalue weighted by molar-refractivity contribution is 5.48. The molecule has 0 fully saturated rings. The van der Waals surface area contributed by atoms with Crippen LogP contribution in [0.3, 0.4) is 0 Å². The van der Waals surface area contributed by atoms with E-state index in [1.165, 1.54) is 5.56 Å². The van der Waals surface area contributed by atoms with Crippen LogP contribution in [0.5, 0.6) is 11.5 Å². The minimum Gasteiger partial charge on any atom is -0.494 e. The Labute approximate surface area is 95.7 Å². The number of nitrogens with two attached hydrogens (primary N) is 1. The highest BCUT2D eigenvalue weighted by atomic mass is 16.5. The Kier molecular flexibility index (Phi) is 3.31. The van der Waals surface area contributed by atoms with E-state index in [0.717, 1.165) is 23.5 Å². The topological polar surface area (TPSA) is 56.5 Å². The molecular weight excluding hydrogens is 204 g/mol. The number of ether oxygens (including phenoxy) is 2. The van der Waals surface area contributed by atoms with Crippen molar-refractivity contribution in [2.75, 3.05) is 6.61 Å². The SMILES string of the molecule is CCOc1cc2c(cc1CNN)O[C@H](C)C2. The number of benzene rings is 1. The maximum atomic E-state index is 5.70. The van der Waals surface area contributed by atoms with Crippen molar-refractivity contribution in [1.29, 1.82) is 0 Å². The Balaban J connectivity index is 2.33. The van der Waals surface area contributed by atoms with E-state index < -0.39 is 0 Å². The second-order valence-electron chi connectivity index (χ2n) is 4.01. The summed E-state index contributed by atoms with van der Waals surface area (Å²) < 4.78 is 11.3. The van der Waals surface area contributed by atoms with Gasteiger partial charge in [-0.25, -0.2) is 0 Å². The molecule has 0 unspecified atom stereocenters. The predicted octanol–water partition coefficient (Wildman–Crippen LogP) is 1.37. The summed E-state index contributed by atoms with van der Waals surface area (Å²) in [4.78, 5) is 0. The van der Waals surface area contributed by atoms with Crippen molar-refractivity contribution in [1.82, 2.24) is 5.43 Å². The van der Waals surface area contributed by atoms with Crippen molar-refractivity contribution in [3.8, 4) is 11.5 Å². The second kappa shape index (κ2) is 4.72. The molecule has 2 rings (SSSR count). The highest BCUT2D eigenvalue weighted by Gasteiger charge is 2.21. The van der Waals surface area contributed by atoms with Gasteiger partial charge in [0.15, 0.2) is 0 Å². The Morgan fingerprint density at radius 1 is 1.56 bits per heavy atom. The fourth-order valence-corrected chi connectivity index (χ4v) is 2.02. The van der Waals surface area contributed by atoms with E-state index in [1.54, 1.807) is 0 Å². The fraction of sp³-hybridized carbons (Fsp3) is 0.500. The normalized spacial score (nSPS) is 18.1. The first-order valence-corrected chi connectivity index (χ1v) is 5.63. The largest absolute Gasteiger partial charge is 0.494 e. The van der Waals surface area contributed by atoms with Crippen LogP contribution in [0.25, 0.3) is 0 Å². The standard InChI is InChI=1S/C12H18N2O2/c1-3-15-11-5-9-4-8(2)16-12(9)6-10(11)7-14-13/h5-6,8,14H,3-4,7,13H2,1-2H3/t8-/m1/s1. The van der Waals surface area contributed by atoms with Crippen LogP contribution in [-0.2, 0) is 13.0 Å². The lowest BCUT2D eigenvalue weighted by Gasteiger charge is -2.12. The molecule has 1 atom stereocenters. The van der Waals surface area contributed by atoms with E-state index in [4.69, 9.17) is 15.3 Å². The molecule has 1 aromatic carbocycles. The molecule has 4 nitrogen and oxygen atoms in total. The van der Waals surface area contributed by atoms with Crippen molar-refractivity contribution in [2.45, 2.75) is 32.9 Å². The van der Waals surface area contributed by atoms with Crippen molar-refractivity contribution in [2.24, 2.45) is 5.84 Å². The molecule has 0 bridgehead atoms. The van der Waals surface area contributed by atoms with Gasteiger partial charge >= 0.3 is 0 Å². The zero-order chi connectivity index (χ0) is 11.5. The van der Waals surface area contributed by atoms with Gasteiger partial charge in [0, 0.05) is 24.1 Å². The van der Waals surface area contributed by atoms with Crippen molar-refractivity contribution < 1.29 is 9.47 Å². The van der Waals surface area contributed by atoms with Crippen LogP contribution in [0, 0.1) is 0 Å². The maximum absolute atomic E-state index is 5.70. The van der Waals surface area contributed by atoms with Crippen LogP contribution in [-0.4, -0.2) is 12.7 Å². The first-order chi connectivity index (χ1) is 7.74. The fourth-order valence-electron chi connectivity index (χ4n) is 2.02. The third kappa shape index (κ3) is 2.13. The van der Waals surface area contributed by atoms with Crippen LogP contribution in [0.1, 0.15) is 25.0 Å². The van der Waals surface area contributed by atoms with Gasteiger partial charge in [0.25, 0.3) is 0 Å². The molecular formula is C12H18N2O2. The average Bonchev–Trinajstić information content (AvgIpc) is 2.58. The molecule has 0 saturated carbocycles. The van der Waals surface area contributed by atoms with Gasteiger partial charge in [-0.3, -0.25) is 11.3 Å². The van der Waals surface area contributed by atoms with Gasteiger partial charge in [-0.15, -0.1) is 0 Å². The molecule has 0 aromatic heterocycles. The first kappa shape index (κ1) is 11.2. The van der Waals surface area contributed by atoms with Crippen LogP contribution in [0.2, 0.25) is 0 Å². The van der Waals surface area contributed by atoms with Crippen molar-refractivity contribution in [3.63, 3.8) is 0 Å². The molecule has 0 amide bonds. The van der Waals surface area contributed by atoms with Gasteiger partial charge < -0.3 is 9.47 Å². The predicted molar refractivity (Wildman–Crippen MR) is 62.4 cm³/mol. The Morgan fingerprint density at radius 3 is 3.06 bits per heavy atom. The van der Waals surface area contributed by atoms with E-state index in [1.807, 2.05) is 13.0 Å². The molecule has 1 aliphatic rings. The van der Waals surface area contributed by atoms with Crippen LogP contribution < -0.4 is 20.7 Å². The summed E-state index contributed by atoms with van der Waals surface area (Å²) in [6.45, 7) is 5.29. The molecule has 0 radical (unpaired) electrons. The molecule has 1 heterocycles. The molecule has 1 aromatic rings. The zero-order valence-electron chi connectivity index (χ0n) is 9.75. The van der Waals surface area contributed by atoms with E-state index in [2.05, 4.69) is 18.4 Å². The minimum absolute atomic E-state index is 0.255. The summed E-state index contributed by atoms with van der Waals surface area (Å²) in [5.74, 6) is 7.21. The number of hydrogen-bond donors (Lipinski definition) is 2. The van der Waals surface area contributed by atoms with Crippen LogP contribution in [0.15, 0.2) is 12.1 Å². The Morgan fingerprint density at radius 2 is 2.38 bits per heavy atom. The molecule has 3 N–H and O–H groups in total. The summed E-state index contributed by atoms with van der Waals surface area (Å²) in [5.41, 5.74) is 4.91. The van der Waals surface area contributed by atoms with Gasteiger partial charge in [0.05, 0.1) is 6.61 Å². The number of nitrogens with one attached hydrogen (secondary N) is 1. The maximum Gasteiger partial charge on any atom is 0.124 e. The summed E-state index contributed by atoms with van der Waals surface area (Å²) in [7, 11) is 0. The summed E-state index contributed by atoms with van der Waals surface area (Å²) in [5, 5.41) is 0. The third-order valence-corrected chi connectivity index (χ3v) is 2.67. The zero-order valence-corrected chi connectivity index (χ0v) is 9.75. The minimum atomic E-state index is 0.255. The van der Waals surface area contributed by atoms with Crippen molar-refractivity contribution >= 4 is 0 Å². The smallest absolute Gasteiger partial charge is 0.124 e. The van der Waals surface area contributed by atoms with Crippen molar-refractivity contribution in [3.05, 3.63) is 23.3 Å². The van der Waals surface area contributed by atoms with Crippen LogP contribution in [0.4, 0.5) is 0 Å². The van der Waals surface area contributed by atoms with E-state index in [-0.39, 0.29) is 6.10 Å². The summed E-state index contributed by atoms with van der Waals surface area (Å²) in [6, 6.07) is 4.08. The second-order valence-corrected chi connectivity index (χ2v) is 4.01. The molecule has 0 saturated heterocycles. The lowest BCUT2D eigenvalue weighted by atomic mass is 10.1. The van der Waals surface area contributed by atoms with Gasteiger partial charge in [-0.05, 0) is 26.0 Å². The average molecular weight is 222 g/mol. The van der Waals surface area contributed by atoms with E-state index in [9.17, 15) is 0 Å². The molecule has 88 valence electrons. The number of hydrogen-bond acceptors (Lipinski definition) is 4. The number of hydrazine groups is 1. The highest BCUT2D eigenvalue weighted by Crippen LogP contribution is 2.34. The van der Waals surface area contributed by atoms with Gasteiger partial charge in [-0.1, -0.05) is 0 Å². The van der Waals surface area contributed by atoms with Crippen LogP contribution >= 0.6 is 0 Å². The number of fused-ring (bicyclic) bond motifs is 1. The number of rotatable bonds is 4. The summed E-state index contributed by atoms with van der Waals surface area (Å²) in [6.07, 6.45) is 1.21. The van der Waals surface area contributed by atoms with Gasteiger partial charge in [0.1, 0.15) is 17.6 Å². The van der Waals surface area contributed by atoms with E-state index in [0.29, 0.717) is 13.2 Å². The molecule has 4 heteroatoms. The molecule has 1 aliphatic heterocycles. The van der Waals surface area contributed by atoms with Gasteiger partial charge in [-0.2, -0.15) is 0 Å². The molecule has 0 aliphatic carbocycles. The molecule has 16 heavy (non-hydrogen) atoms. The third-order valence-electron chi connectivity index (χ3n) is 2.67.